The van der Waals surface area contributed by atoms with Crippen LogP contribution in [0.4, 0.5) is 18.9 Å². The SMILES string of the molecule is Cc1ccc(N)c([C@@](O)(CCC2CC2)C(F)(F)F)c1. The average Bonchev–Trinajstić information content (AvgIpc) is 3.11. The lowest BCUT2D eigenvalue weighted by Gasteiger charge is -2.32. The van der Waals surface area contributed by atoms with Crippen molar-refractivity contribution in [1.82, 2.24) is 0 Å². The van der Waals surface area contributed by atoms with Crippen LogP contribution in [0.1, 0.15) is 36.8 Å². The van der Waals surface area contributed by atoms with Crippen LogP contribution < -0.4 is 5.73 Å². The van der Waals surface area contributed by atoms with Gasteiger partial charge in [0.15, 0.2) is 5.60 Å². The van der Waals surface area contributed by atoms with E-state index in [1.165, 1.54) is 12.1 Å². The molecule has 0 amide bonds. The molecule has 0 unspecified atom stereocenters. The predicted octanol–water partition coefficient (Wildman–Crippen LogP) is 3.52. The molecule has 106 valence electrons. The fraction of sp³-hybridized carbons (Fsp3) is 0.571. The molecular formula is C14H18F3NO. The molecule has 2 nitrogen and oxygen atoms in total. The van der Waals surface area contributed by atoms with Crippen LogP contribution in [0.2, 0.25) is 0 Å². The normalized spacial score (nSPS) is 19.2. The van der Waals surface area contributed by atoms with E-state index in [1.54, 1.807) is 13.0 Å². The lowest BCUT2D eigenvalue weighted by atomic mass is 9.85. The van der Waals surface area contributed by atoms with E-state index in [-0.39, 0.29) is 17.7 Å². The topological polar surface area (TPSA) is 46.2 Å². The van der Waals surface area contributed by atoms with Gasteiger partial charge in [0.05, 0.1) is 0 Å². The summed E-state index contributed by atoms with van der Waals surface area (Å²) >= 11 is 0. The first-order valence-electron chi connectivity index (χ1n) is 6.40. The number of aliphatic hydroxyl groups is 1. The highest BCUT2D eigenvalue weighted by Crippen LogP contribution is 2.47. The van der Waals surface area contributed by atoms with Crippen LogP contribution in [-0.2, 0) is 5.60 Å². The second-order valence-corrected chi connectivity index (χ2v) is 5.43. The van der Waals surface area contributed by atoms with Gasteiger partial charge in [-0.3, -0.25) is 0 Å². The van der Waals surface area contributed by atoms with E-state index in [0.29, 0.717) is 17.9 Å². The molecule has 1 atom stereocenters. The molecule has 1 fully saturated rings. The van der Waals surface area contributed by atoms with Crippen LogP contribution in [0.25, 0.3) is 0 Å². The number of aryl methyl sites for hydroxylation is 1. The summed E-state index contributed by atoms with van der Waals surface area (Å²) < 4.78 is 39.8. The Morgan fingerprint density at radius 2 is 1.95 bits per heavy atom. The third kappa shape index (κ3) is 2.86. The number of hydrogen-bond donors (Lipinski definition) is 2. The Balaban J connectivity index is 2.37. The molecule has 1 saturated carbocycles. The molecule has 0 saturated heterocycles. The summed E-state index contributed by atoms with van der Waals surface area (Å²) in [4.78, 5) is 0. The van der Waals surface area contributed by atoms with E-state index >= 15 is 0 Å². The minimum absolute atomic E-state index is 0.0128. The molecule has 0 spiro atoms. The smallest absolute Gasteiger partial charge is 0.398 e. The fourth-order valence-electron chi connectivity index (χ4n) is 2.28. The monoisotopic (exact) mass is 273 g/mol. The molecule has 0 aromatic heterocycles. The first kappa shape index (κ1) is 14.2. The maximum Gasteiger partial charge on any atom is 0.421 e. The van der Waals surface area contributed by atoms with E-state index in [2.05, 4.69) is 0 Å². The van der Waals surface area contributed by atoms with Gasteiger partial charge in [-0.1, -0.05) is 30.5 Å². The first-order chi connectivity index (χ1) is 8.74. The summed E-state index contributed by atoms with van der Waals surface area (Å²) in [5.74, 6) is 0.319. The van der Waals surface area contributed by atoms with Crippen molar-refractivity contribution in [3.8, 4) is 0 Å². The van der Waals surface area contributed by atoms with Crippen molar-refractivity contribution in [2.45, 2.75) is 44.4 Å². The van der Waals surface area contributed by atoms with E-state index in [9.17, 15) is 18.3 Å². The number of halogens is 3. The van der Waals surface area contributed by atoms with Crippen LogP contribution >= 0.6 is 0 Å². The molecule has 2 rings (SSSR count). The van der Waals surface area contributed by atoms with Crippen molar-refractivity contribution >= 4 is 5.69 Å². The standard InChI is InChI=1S/C14H18F3NO/c1-9-2-5-12(18)11(8-9)13(19,14(15,16)17)7-6-10-3-4-10/h2,5,8,10,19H,3-4,6-7,18H2,1H3/t13-/m0/s1. The molecule has 1 aliphatic rings. The lowest BCUT2D eigenvalue weighted by molar-refractivity contribution is -0.269. The molecule has 3 N–H and O–H groups in total. The second-order valence-electron chi connectivity index (χ2n) is 5.43. The summed E-state index contributed by atoms with van der Waals surface area (Å²) in [5.41, 5.74) is 3.21. The summed E-state index contributed by atoms with van der Waals surface area (Å²) in [5, 5.41) is 10.2. The maximum absolute atomic E-state index is 13.3. The zero-order valence-electron chi connectivity index (χ0n) is 10.8. The fourth-order valence-corrected chi connectivity index (χ4v) is 2.28. The molecule has 1 aromatic rings. The van der Waals surface area contributed by atoms with Crippen molar-refractivity contribution in [2.75, 3.05) is 5.73 Å². The number of nitrogens with two attached hydrogens (primary N) is 1. The first-order valence-corrected chi connectivity index (χ1v) is 6.40. The summed E-state index contributed by atoms with van der Waals surface area (Å²) in [6.07, 6.45) is -2.75. The molecule has 0 radical (unpaired) electrons. The van der Waals surface area contributed by atoms with Gasteiger partial charge in [-0.15, -0.1) is 0 Å². The van der Waals surface area contributed by atoms with Crippen molar-refractivity contribution in [3.05, 3.63) is 29.3 Å². The summed E-state index contributed by atoms with van der Waals surface area (Å²) in [6, 6.07) is 4.38. The zero-order valence-corrected chi connectivity index (χ0v) is 10.8. The van der Waals surface area contributed by atoms with Gasteiger partial charge < -0.3 is 10.8 Å². The zero-order chi connectivity index (χ0) is 14.3. The van der Waals surface area contributed by atoms with Gasteiger partial charge in [-0.2, -0.15) is 13.2 Å². The number of benzene rings is 1. The Hall–Kier alpha value is -1.23. The Bertz CT molecular complexity index is 468. The van der Waals surface area contributed by atoms with Crippen molar-refractivity contribution in [1.29, 1.82) is 0 Å². The van der Waals surface area contributed by atoms with E-state index < -0.39 is 11.8 Å². The van der Waals surface area contributed by atoms with Crippen LogP contribution in [0.3, 0.4) is 0 Å². The van der Waals surface area contributed by atoms with Gasteiger partial charge in [-0.05, 0) is 31.7 Å². The number of nitrogen functional groups attached to an aromatic ring is 1. The molecule has 1 aromatic carbocycles. The third-order valence-electron chi connectivity index (χ3n) is 3.73. The molecular weight excluding hydrogens is 255 g/mol. The quantitative estimate of drug-likeness (QED) is 0.824. The number of alkyl halides is 3. The molecule has 0 heterocycles. The second kappa shape index (κ2) is 4.71. The average molecular weight is 273 g/mol. The van der Waals surface area contributed by atoms with Crippen LogP contribution in [-0.4, -0.2) is 11.3 Å². The minimum atomic E-state index is -4.72. The predicted molar refractivity (Wildman–Crippen MR) is 67.5 cm³/mol. The van der Waals surface area contributed by atoms with Crippen LogP contribution in [0.5, 0.6) is 0 Å². The highest BCUT2D eigenvalue weighted by atomic mass is 19.4. The number of rotatable bonds is 4. The number of hydrogen-bond acceptors (Lipinski definition) is 2. The molecule has 0 bridgehead atoms. The van der Waals surface area contributed by atoms with Crippen LogP contribution in [0.15, 0.2) is 18.2 Å². The van der Waals surface area contributed by atoms with Crippen molar-refractivity contribution in [2.24, 2.45) is 5.92 Å². The Morgan fingerprint density at radius 3 is 2.47 bits per heavy atom. The van der Waals surface area contributed by atoms with E-state index in [1.807, 2.05) is 0 Å². The third-order valence-corrected chi connectivity index (χ3v) is 3.73. The van der Waals surface area contributed by atoms with Gasteiger partial charge in [0.2, 0.25) is 0 Å². The van der Waals surface area contributed by atoms with E-state index in [4.69, 9.17) is 5.73 Å². The maximum atomic E-state index is 13.3. The lowest BCUT2D eigenvalue weighted by Crippen LogP contribution is -2.43. The van der Waals surface area contributed by atoms with Gasteiger partial charge in [0.1, 0.15) is 0 Å². The number of anilines is 1. The van der Waals surface area contributed by atoms with Crippen LogP contribution in [0, 0.1) is 12.8 Å². The summed E-state index contributed by atoms with van der Waals surface area (Å²) in [6.45, 7) is 1.68. The minimum Gasteiger partial charge on any atom is -0.398 e. The van der Waals surface area contributed by atoms with Gasteiger partial charge in [0.25, 0.3) is 0 Å². The van der Waals surface area contributed by atoms with Crippen molar-refractivity contribution < 1.29 is 18.3 Å². The summed E-state index contributed by atoms with van der Waals surface area (Å²) in [7, 11) is 0. The Kier molecular flexibility index (Phi) is 3.51. The highest BCUT2D eigenvalue weighted by Gasteiger charge is 2.55. The Morgan fingerprint density at radius 1 is 1.32 bits per heavy atom. The molecule has 19 heavy (non-hydrogen) atoms. The van der Waals surface area contributed by atoms with Gasteiger partial charge in [-0.25, -0.2) is 0 Å². The molecule has 5 heteroatoms. The van der Waals surface area contributed by atoms with E-state index in [0.717, 1.165) is 12.8 Å². The highest BCUT2D eigenvalue weighted by molar-refractivity contribution is 5.52. The van der Waals surface area contributed by atoms with Gasteiger partial charge >= 0.3 is 6.18 Å². The molecule has 0 aliphatic heterocycles. The van der Waals surface area contributed by atoms with Gasteiger partial charge in [0, 0.05) is 11.3 Å². The Labute approximate surface area is 110 Å². The largest absolute Gasteiger partial charge is 0.421 e. The molecule has 1 aliphatic carbocycles. The van der Waals surface area contributed by atoms with Crippen molar-refractivity contribution in [3.63, 3.8) is 0 Å².